The Balaban J connectivity index is 1.87. The summed E-state index contributed by atoms with van der Waals surface area (Å²) in [6, 6.07) is 6.62. The molecule has 0 atom stereocenters. The second-order valence-corrected chi connectivity index (χ2v) is 7.55. The Morgan fingerprint density at radius 2 is 1.67 bits per heavy atom. The van der Waals surface area contributed by atoms with Crippen molar-refractivity contribution in [3.63, 3.8) is 0 Å². The Kier molecular flexibility index (Phi) is 5.13. The topological polar surface area (TPSA) is 107 Å². The predicted octanol–water partition coefficient (Wildman–Crippen LogP) is 3.26. The van der Waals surface area contributed by atoms with Gasteiger partial charge in [-0.2, -0.15) is 9.97 Å². The van der Waals surface area contributed by atoms with E-state index in [0.717, 1.165) is 5.56 Å². The fraction of sp³-hybridized carbons (Fsp3) is 0.278. The molecule has 2 heterocycles. The van der Waals surface area contributed by atoms with Gasteiger partial charge in [0.05, 0.1) is 28.6 Å². The zero-order chi connectivity index (χ0) is 19.6. The number of rotatable bonds is 6. The third kappa shape index (κ3) is 4.08. The van der Waals surface area contributed by atoms with Gasteiger partial charge in [-0.05, 0) is 32.9 Å². The maximum Gasteiger partial charge on any atom is 0.316 e. The molecule has 9 heteroatoms. The van der Waals surface area contributed by atoms with E-state index in [9.17, 15) is 8.42 Å². The molecular formula is C18H20N4O4S. The maximum absolute atomic E-state index is 12.7. The number of anilines is 1. The second-order valence-electron chi connectivity index (χ2n) is 5.87. The zero-order valence-electron chi connectivity index (χ0n) is 15.5. The molecule has 142 valence electrons. The first-order chi connectivity index (χ1) is 12.8. The van der Waals surface area contributed by atoms with E-state index >= 15 is 0 Å². The van der Waals surface area contributed by atoms with Crippen LogP contribution < -0.4 is 9.46 Å². The highest BCUT2D eigenvalue weighted by atomic mass is 32.2. The first kappa shape index (κ1) is 18.8. The molecule has 0 amide bonds. The molecule has 0 unspecified atom stereocenters. The van der Waals surface area contributed by atoms with Gasteiger partial charge in [-0.1, -0.05) is 12.1 Å². The minimum absolute atomic E-state index is 0.124. The van der Waals surface area contributed by atoms with Crippen molar-refractivity contribution in [2.45, 2.75) is 32.6 Å². The van der Waals surface area contributed by atoms with Crippen LogP contribution in [0.2, 0.25) is 0 Å². The number of ether oxygens (including phenoxy) is 1. The van der Waals surface area contributed by atoms with Gasteiger partial charge < -0.3 is 9.15 Å². The molecule has 2 aromatic heterocycles. The van der Waals surface area contributed by atoms with Gasteiger partial charge in [0.15, 0.2) is 5.89 Å². The number of sulfonamides is 1. The number of benzene rings is 1. The quantitative estimate of drug-likeness (QED) is 0.690. The smallest absolute Gasteiger partial charge is 0.316 e. The lowest BCUT2D eigenvalue weighted by Gasteiger charge is -2.13. The van der Waals surface area contributed by atoms with Gasteiger partial charge >= 0.3 is 6.01 Å². The minimum Gasteiger partial charge on any atom is -0.464 e. The van der Waals surface area contributed by atoms with Gasteiger partial charge in [0.25, 0.3) is 10.0 Å². The summed E-state index contributed by atoms with van der Waals surface area (Å²) in [5, 5.41) is 0. The maximum atomic E-state index is 12.7. The van der Waals surface area contributed by atoms with Crippen LogP contribution >= 0.6 is 0 Å². The van der Waals surface area contributed by atoms with E-state index in [-0.39, 0.29) is 10.9 Å². The first-order valence-electron chi connectivity index (χ1n) is 8.33. The van der Waals surface area contributed by atoms with Gasteiger partial charge in [0, 0.05) is 12.5 Å². The summed E-state index contributed by atoms with van der Waals surface area (Å²) in [7, 11) is -3.79. The monoisotopic (exact) mass is 388 g/mol. The van der Waals surface area contributed by atoms with E-state index in [4.69, 9.17) is 9.15 Å². The largest absolute Gasteiger partial charge is 0.464 e. The third-order valence-electron chi connectivity index (χ3n) is 3.84. The van der Waals surface area contributed by atoms with Crippen molar-refractivity contribution >= 4 is 15.7 Å². The van der Waals surface area contributed by atoms with Crippen molar-refractivity contribution in [2.24, 2.45) is 0 Å². The van der Waals surface area contributed by atoms with Gasteiger partial charge in [-0.3, -0.25) is 4.72 Å². The van der Waals surface area contributed by atoms with Crippen LogP contribution in [0, 0.1) is 20.8 Å². The number of hydrogen-bond donors (Lipinski definition) is 1. The molecule has 0 aliphatic heterocycles. The average molecular weight is 388 g/mol. The van der Waals surface area contributed by atoms with Gasteiger partial charge in [-0.15, -0.1) is 0 Å². The Hall–Kier alpha value is -2.94. The molecule has 8 nitrogen and oxygen atoms in total. The number of nitrogens with one attached hydrogen (secondary N) is 1. The Labute approximate surface area is 157 Å². The summed E-state index contributed by atoms with van der Waals surface area (Å²) < 4.78 is 38.5. The molecule has 1 aromatic carbocycles. The molecule has 0 spiro atoms. The van der Waals surface area contributed by atoms with Gasteiger partial charge in [0.1, 0.15) is 12.0 Å². The van der Waals surface area contributed by atoms with E-state index in [1.54, 1.807) is 32.9 Å². The van der Waals surface area contributed by atoms with E-state index in [2.05, 4.69) is 19.7 Å². The predicted molar refractivity (Wildman–Crippen MR) is 100 cm³/mol. The van der Waals surface area contributed by atoms with Crippen molar-refractivity contribution in [2.75, 3.05) is 11.3 Å². The molecule has 0 aliphatic rings. The summed E-state index contributed by atoms with van der Waals surface area (Å²) in [5.41, 5.74) is 2.74. The summed E-state index contributed by atoms with van der Waals surface area (Å²) in [6.45, 7) is 7.40. The summed E-state index contributed by atoms with van der Waals surface area (Å²) in [6.07, 6.45) is 1.53. The molecule has 0 aliphatic carbocycles. The van der Waals surface area contributed by atoms with Crippen molar-refractivity contribution in [1.29, 1.82) is 0 Å². The Morgan fingerprint density at radius 3 is 2.19 bits per heavy atom. The Morgan fingerprint density at radius 1 is 1.04 bits per heavy atom. The van der Waals surface area contributed by atoms with E-state index in [1.165, 1.54) is 18.4 Å². The highest BCUT2D eigenvalue weighted by Gasteiger charge is 2.19. The van der Waals surface area contributed by atoms with Crippen LogP contribution in [0.25, 0.3) is 11.3 Å². The SMILES string of the molecule is CCOc1nc(C)c(NS(=O)(=O)c2ccc(-c3coc(C)n3)cc2)c(C)n1. The number of oxazole rings is 1. The van der Waals surface area contributed by atoms with E-state index in [1.807, 2.05) is 6.92 Å². The lowest BCUT2D eigenvalue weighted by atomic mass is 10.2. The average Bonchev–Trinajstić information content (AvgIpc) is 3.05. The van der Waals surface area contributed by atoms with Crippen LogP contribution in [0.4, 0.5) is 5.69 Å². The standard InChI is InChI=1S/C18H20N4O4S/c1-5-25-18-19-11(2)17(12(3)20-18)22-27(23,24)15-8-6-14(7-9-15)16-10-26-13(4)21-16/h6-10,22H,5H2,1-4H3. The van der Waals surface area contributed by atoms with Crippen LogP contribution in [-0.4, -0.2) is 30.0 Å². The lowest BCUT2D eigenvalue weighted by molar-refractivity contribution is 0.311. The summed E-state index contributed by atoms with van der Waals surface area (Å²) in [5.74, 6) is 0.546. The molecule has 3 rings (SSSR count). The van der Waals surface area contributed by atoms with Crippen LogP contribution in [0.1, 0.15) is 24.2 Å². The summed E-state index contributed by atoms with van der Waals surface area (Å²) in [4.78, 5) is 12.7. The van der Waals surface area contributed by atoms with Crippen molar-refractivity contribution in [1.82, 2.24) is 15.0 Å². The number of hydrogen-bond acceptors (Lipinski definition) is 7. The van der Waals surface area contributed by atoms with E-state index in [0.29, 0.717) is 35.3 Å². The van der Waals surface area contributed by atoms with Crippen LogP contribution in [0.15, 0.2) is 39.8 Å². The highest BCUT2D eigenvalue weighted by molar-refractivity contribution is 7.92. The first-order valence-corrected chi connectivity index (χ1v) is 9.82. The number of aromatic nitrogens is 3. The van der Waals surface area contributed by atoms with Crippen molar-refractivity contribution < 1.29 is 17.6 Å². The third-order valence-corrected chi connectivity index (χ3v) is 5.21. The van der Waals surface area contributed by atoms with Crippen LogP contribution in [-0.2, 0) is 10.0 Å². The molecule has 0 radical (unpaired) electrons. The van der Waals surface area contributed by atoms with Crippen molar-refractivity contribution in [3.8, 4) is 17.3 Å². The molecular weight excluding hydrogens is 368 g/mol. The van der Waals surface area contributed by atoms with Crippen LogP contribution in [0.3, 0.4) is 0 Å². The minimum atomic E-state index is -3.79. The molecule has 0 saturated carbocycles. The molecule has 27 heavy (non-hydrogen) atoms. The number of nitrogens with zero attached hydrogens (tertiary/aromatic N) is 3. The lowest BCUT2D eigenvalue weighted by Crippen LogP contribution is -2.16. The van der Waals surface area contributed by atoms with E-state index < -0.39 is 10.0 Å². The van der Waals surface area contributed by atoms with Gasteiger partial charge in [-0.25, -0.2) is 13.4 Å². The molecule has 1 N–H and O–H groups in total. The number of aryl methyl sites for hydroxylation is 3. The normalized spacial score (nSPS) is 11.4. The van der Waals surface area contributed by atoms with Gasteiger partial charge in [0.2, 0.25) is 0 Å². The fourth-order valence-corrected chi connectivity index (χ4v) is 3.70. The highest BCUT2D eigenvalue weighted by Crippen LogP contribution is 2.25. The zero-order valence-corrected chi connectivity index (χ0v) is 16.3. The molecule has 3 aromatic rings. The Bertz CT molecular complexity index is 1040. The summed E-state index contributed by atoms with van der Waals surface area (Å²) >= 11 is 0. The fourth-order valence-electron chi connectivity index (χ4n) is 2.52. The molecule has 0 fully saturated rings. The molecule has 0 saturated heterocycles. The van der Waals surface area contributed by atoms with Crippen LogP contribution in [0.5, 0.6) is 6.01 Å². The van der Waals surface area contributed by atoms with Crippen molar-refractivity contribution in [3.05, 3.63) is 47.8 Å². The second kappa shape index (κ2) is 7.36. The molecule has 0 bridgehead atoms.